The highest BCUT2D eigenvalue weighted by Gasteiger charge is 1.98. The minimum Gasteiger partial charge on any atom is -0.396 e. The van der Waals surface area contributed by atoms with Crippen LogP contribution in [0.15, 0.2) is 0 Å². The zero-order valence-electron chi connectivity index (χ0n) is 16.8. The molecule has 0 aliphatic rings. The van der Waals surface area contributed by atoms with Gasteiger partial charge in [0, 0.05) is 19.7 Å². The molecule has 0 spiro atoms. The number of unbranched alkanes of at least 4 members (excludes halogenated alkanes) is 14. The average Bonchev–Trinajstić information content (AvgIpc) is 2.62. The maximum Gasteiger partial charge on any atom is 0.314 e. The Morgan fingerprint density at radius 1 is 0.600 bits per heavy atom. The molecule has 0 rings (SSSR count). The van der Waals surface area contributed by atoms with Crippen molar-refractivity contribution in [2.75, 3.05) is 19.7 Å². The Morgan fingerprint density at radius 2 is 0.960 bits per heavy atom. The van der Waals surface area contributed by atoms with E-state index >= 15 is 0 Å². The summed E-state index contributed by atoms with van der Waals surface area (Å²) in [6.07, 6.45) is 20.6. The van der Waals surface area contributed by atoms with Crippen molar-refractivity contribution in [2.24, 2.45) is 0 Å². The van der Waals surface area contributed by atoms with Crippen molar-refractivity contribution in [3.63, 3.8) is 0 Å². The number of nitrogens with one attached hydrogen (secondary N) is 2. The van der Waals surface area contributed by atoms with Gasteiger partial charge in [-0.2, -0.15) is 0 Å². The lowest BCUT2D eigenvalue weighted by Gasteiger charge is -2.07. The van der Waals surface area contributed by atoms with Gasteiger partial charge < -0.3 is 15.7 Å². The van der Waals surface area contributed by atoms with Gasteiger partial charge >= 0.3 is 6.03 Å². The van der Waals surface area contributed by atoms with Crippen molar-refractivity contribution in [3.8, 4) is 0 Å². The minimum absolute atomic E-state index is 0.0763. The summed E-state index contributed by atoms with van der Waals surface area (Å²) in [7, 11) is 0. The highest BCUT2D eigenvalue weighted by Crippen LogP contribution is 2.12. The molecule has 0 unspecified atom stereocenters. The first-order valence-corrected chi connectivity index (χ1v) is 10.9. The van der Waals surface area contributed by atoms with E-state index in [1.54, 1.807) is 0 Å². The van der Waals surface area contributed by atoms with Gasteiger partial charge in [0.2, 0.25) is 0 Å². The van der Waals surface area contributed by atoms with Crippen LogP contribution in [0.4, 0.5) is 4.79 Å². The molecule has 0 aliphatic carbocycles. The van der Waals surface area contributed by atoms with E-state index in [4.69, 9.17) is 5.11 Å². The first kappa shape index (κ1) is 24.2. The monoisotopic (exact) mass is 356 g/mol. The summed E-state index contributed by atoms with van der Waals surface area (Å²) in [5, 5.41) is 14.4. The molecule has 0 saturated carbocycles. The Kier molecular flexibility index (Phi) is 20.6. The second kappa shape index (κ2) is 21.3. The molecule has 0 aromatic carbocycles. The molecule has 0 fully saturated rings. The Morgan fingerprint density at radius 3 is 1.36 bits per heavy atom. The summed E-state index contributed by atoms with van der Waals surface area (Å²) in [4.78, 5) is 11.5. The molecule has 0 heterocycles. The number of hydrogen-bond acceptors (Lipinski definition) is 2. The molecule has 3 N–H and O–H groups in total. The van der Waals surface area contributed by atoms with Gasteiger partial charge in [-0.3, -0.25) is 0 Å². The Balaban J connectivity index is 3.08. The third kappa shape index (κ3) is 21.2. The lowest BCUT2D eigenvalue weighted by Crippen LogP contribution is -2.36. The minimum atomic E-state index is -0.0763. The van der Waals surface area contributed by atoms with E-state index in [-0.39, 0.29) is 12.6 Å². The number of aliphatic hydroxyl groups excluding tert-OH is 1. The van der Waals surface area contributed by atoms with Crippen LogP contribution in [0.5, 0.6) is 0 Å². The third-order valence-corrected chi connectivity index (χ3v) is 4.69. The standard InChI is InChI=1S/C21H44N2O2/c1-2-3-4-5-6-7-8-9-10-11-12-13-14-15-18-22-21(25)23-19-16-17-20-24/h24H,2-20H2,1H3,(H2,22,23,25). The van der Waals surface area contributed by atoms with E-state index in [9.17, 15) is 4.79 Å². The van der Waals surface area contributed by atoms with Gasteiger partial charge in [0.25, 0.3) is 0 Å². The first-order valence-electron chi connectivity index (χ1n) is 10.9. The van der Waals surface area contributed by atoms with E-state index in [2.05, 4.69) is 17.6 Å². The summed E-state index contributed by atoms with van der Waals surface area (Å²) in [6, 6.07) is -0.0763. The van der Waals surface area contributed by atoms with Gasteiger partial charge in [-0.05, 0) is 19.3 Å². The number of hydrogen-bond donors (Lipinski definition) is 3. The largest absolute Gasteiger partial charge is 0.396 e. The van der Waals surface area contributed by atoms with Gasteiger partial charge in [0.05, 0.1) is 0 Å². The molecule has 25 heavy (non-hydrogen) atoms. The van der Waals surface area contributed by atoms with Crippen LogP contribution in [0, 0.1) is 0 Å². The van der Waals surface area contributed by atoms with Crippen LogP contribution in [0.25, 0.3) is 0 Å². The van der Waals surface area contributed by atoms with Crippen molar-refractivity contribution in [1.29, 1.82) is 0 Å². The Hall–Kier alpha value is -0.770. The molecule has 0 aromatic rings. The van der Waals surface area contributed by atoms with E-state index in [0.717, 1.165) is 25.8 Å². The smallest absolute Gasteiger partial charge is 0.314 e. The predicted molar refractivity (Wildman–Crippen MR) is 108 cm³/mol. The summed E-state index contributed by atoms with van der Waals surface area (Å²) in [6.45, 7) is 3.88. The fourth-order valence-electron chi connectivity index (χ4n) is 3.02. The van der Waals surface area contributed by atoms with Crippen LogP contribution in [0.2, 0.25) is 0 Å². The van der Waals surface area contributed by atoms with Gasteiger partial charge in [-0.25, -0.2) is 4.79 Å². The molecule has 0 saturated heterocycles. The molecule has 0 atom stereocenters. The van der Waals surface area contributed by atoms with Crippen molar-refractivity contribution < 1.29 is 9.90 Å². The summed E-state index contributed by atoms with van der Waals surface area (Å²) >= 11 is 0. The second-order valence-corrected chi connectivity index (χ2v) is 7.21. The van der Waals surface area contributed by atoms with Crippen LogP contribution in [0.1, 0.15) is 110 Å². The van der Waals surface area contributed by atoms with Gasteiger partial charge in [-0.15, -0.1) is 0 Å². The third-order valence-electron chi connectivity index (χ3n) is 4.69. The molecule has 0 aromatic heterocycles. The van der Waals surface area contributed by atoms with E-state index in [0.29, 0.717) is 6.54 Å². The lowest BCUT2D eigenvalue weighted by atomic mass is 10.0. The lowest BCUT2D eigenvalue weighted by molar-refractivity contribution is 0.239. The second-order valence-electron chi connectivity index (χ2n) is 7.21. The number of aliphatic hydroxyl groups is 1. The molecule has 0 aliphatic heterocycles. The topological polar surface area (TPSA) is 61.4 Å². The molecule has 2 amide bonds. The van der Waals surface area contributed by atoms with E-state index < -0.39 is 0 Å². The van der Waals surface area contributed by atoms with Crippen LogP contribution in [0.3, 0.4) is 0 Å². The van der Waals surface area contributed by atoms with Crippen LogP contribution < -0.4 is 10.6 Å². The van der Waals surface area contributed by atoms with Crippen LogP contribution in [-0.2, 0) is 0 Å². The molecule has 0 bridgehead atoms. The summed E-state index contributed by atoms with van der Waals surface area (Å²) < 4.78 is 0. The molecule has 0 radical (unpaired) electrons. The van der Waals surface area contributed by atoms with Crippen LogP contribution in [-0.4, -0.2) is 30.8 Å². The highest BCUT2D eigenvalue weighted by molar-refractivity contribution is 5.73. The molecule has 4 nitrogen and oxygen atoms in total. The predicted octanol–water partition coefficient (Wildman–Crippen LogP) is 5.54. The van der Waals surface area contributed by atoms with Gasteiger partial charge in [-0.1, -0.05) is 90.4 Å². The van der Waals surface area contributed by atoms with Crippen molar-refractivity contribution in [2.45, 2.75) is 110 Å². The highest BCUT2D eigenvalue weighted by atomic mass is 16.3. The SMILES string of the molecule is CCCCCCCCCCCCCCCCNC(=O)NCCCCO. The van der Waals surface area contributed by atoms with E-state index in [1.807, 2.05) is 0 Å². The van der Waals surface area contributed by atoms with Crippen LogP contribution >= 0.6 is 0 Å². The maximum absolute atomic E-state index is 11.5. The number of amides is 2. The average molecular weight is 357 g/mol. The van der Waals surface area contributed by atoms with Crippen molar-refractivity contribution in [3.05, 3.63) is 0 Å². The molecular weight excluding hydrogens is 312 g/mol. The molecule has 150 valence electrons. The Labute approximate surface area is 156 Å². The maximum atomic E-state index is 11.5. The zero-order valence-corrected chi connectivity index (χ0v) is 16.8. The Bertz CT molecular complexity index is 273. The fraction of sp³-hybridized carbons (Fsp3) is 0.952. The number of rotatable bonds is 19. The molecular formula is C21H44N2O2. The normalized spacial score (nSPS) is 10.8. The first-order chi connectivity index (χ1) is 12.3. The summed E-state index contributed by atoms with van der Waals surface area (Å²) in [5.74, 6) is 0. The number of urea groups is 1. The molecule has 4 heteroatoms. The fourth-order valence-corrected chi connectivity index (χ4v) is 3.02. The van der Waals surface area contributed by atoms with E-state index in [1.165, 1.54) is 83.5 Å². The number of carbonyl (C=O) groups excluding carboxylic acids is 1. The van der Waals surface area contributed by atoms with Crippen molar-refractivity contribution >= 4 is 6.03 Å². The van der Waals surface area contributed by atoms with Gasteiger partial charge in [0.1, 0.15) is 0 Å². The quantitative estimate of drug-likeness (QED) is 0.266. The zero-order chi connectivity index (χ0) is 18.4. The number of carbonyl (C=O) groups is 1. The van der Waals surface area contributed by atoms with Gasteiger partial charge in [0.15, 0.2) is 0 Å². The summed E-state index contributed by atoms with van der Waals surface area (Å²) in [5.41, 5.74) is 0. The van der Waals surface area contributed by atoms with Crippen molar-refractivity contribution in [1.82, 2.24) is 10.6 Å².